The molecule has 0 aromatic heterocycles. The minimum Gasteiger partial charge on any atom is -0.380 e. The second-order valence-corrected chi connectivity index (χ2v) is 4.03. The molecule has 0 amide bonds. The number of halogens is 1. The maximum Gasteiger partial charge on any atom is 0.152 e. The number of likely N-dealkylation sites (N-methyl/N-ethyl adjacent to an activating group) is 1. The highest BCUT2D eigenvalue weighted by Gasteiger charge is 2.09. The highest BCUT2D eigenvalue weighted by Crippen LogP contribution is 2.23. The molecule has 1 rings (SSSR count). The molecule has 0 heterocycles. The first-order valence-corrected chi connectivity index (χ1v) is 6.18. The maximum atomic E-state index is 11.0. The summed E-state index contributed by atoms with van der Waals surface area (Å²) in [5, 5.41) is 0.639. The molecule has 0 fully saturated rings. The predicted octanol–water partition coefficient (Wildman–Crippen LogP) is 3.02. The molecule has 0 atom stereocenters. The molecule has 1 aromatic rings. The van der Waals surface area contributed by atoms with E-state index in [2.05, 4.69) is 4.90 Å². The first kappa shape index (κ1) is 14.0. The number of carbonyl (C=O) groups excluding carboxylic acids is 1. The lowest BCUT2D eigenvalue weighted by Gasteiger charge is -2.24. The van der Waals surface area contributed by atoms with Crippen LogP contribution in [-0.4, -0.2) is 32.6 Å². The summed E-state index contributed by atoms with van der Waals surface area (Å²) >= 11 is 5.96. The molecule has 4 heteroatoms. The summed E-state index contributed by atoms with van der Waals surface area (Å²) in [7, 11) is 0. The Kier molecular flexibility index (Phi) is 6.01. The molecule has 94 valence electrons. The Morgan fingerprint density at radius 3 is 2.76 bits per heavy atom. The quantitative estimate of drug-likeness (QED) is 0.554. The van der Waals surface area contributed by atoms with Gasteiger partial charge in [-0.3, -0.25) is 4.79 Å². The maximum absolute atomic E-state index is 11.0. The van der Waals surface area contributed by atoms with Gasteiger partial charge in [-0.25, -0.2) is 0 Å². The number of aldehydes is 1. The smallest absolute Gasteiger partial charge is 0.152 e. The Balaban J connectivity index is 2.85. The van der Waals surface area contributed by atoms with Gasteiger partial charge < -0.3 is 9.64 Å². The van der Waals surface area contributed by atoms with Crippen LogP contribution in [0.25, 0.3) is 0 Å². The van der Waals surface area contributed by atoms with E-state index in [1.807, 2.05) is 19.9 Å². The lowest BCUT2D eigenvalue weighted by atomic mass is 10.1. The van der Waals surface area contributed by atoms with E-state index in [0.29, 0.717) is 23.8 Å². The molecule has 0 saturated carbocycles. The molecule has 0 aliphatic rings. The van der Waals surface area contributed by atoms with E-state index in [1.165, 1.54) is 0 Å². The third-order valence-corrected chi connectivity index (χ3v) is 2.79. The van der Waals surface area contributed by atoms with Crippen molar-refractivity contribution in [1.82, 2.24) is 0 Å². The van der Waals surface area contributed by atoms with Gasteiger partial charge in [0.25, 0.3) is 0 Å². The van der Waals surface area contributed by atoms with E-state index in [0.717, 1.165) is 25.1 Å². The van der Waals surface area contributed by atoms with Crippen molar-refractivity contribution in [3.05, 3.63) is 28.8 Å². The Bertz CT molecular complexity index is 368. The van der Waals surface area contributed by atoms with Crippen molar-refractivity contribution < 1.29 is 9.53 Å². The fourth-order valence-corrected chi connectivity index (χ4v) is 1.82. The molecular formula is C13H18ClNO2. The Hall–Kier alpha value is -1.06. The van der Waals surface area contributed by atoms with E-state index in [-0.39, 0.29) is 0 Å². The minimum atomic E-state index is 0.639. The van der Waals surface area contributed by atoms with Gasteiger partial charge in [-0.15, -0.1) is 0 Å². The van der Waals surface area contributed by atoms with Crippen molar-refractivity contribution in [3.8, 4) is 0 Å². The SMILES string of the molecule is CCOCCN(CC)c1cc(Cl)ccc1C=O. The lowest BCUT2D eigenvalue weighted by molar-refractivity contribution is 0.112. The number of nitrogens with zero attached hydrogens (tertiary/aromatic N) is 1. The van der Waals surface area contributed by atoms with E-state index in [1.54, 1.807) is 12.1 Å². The first-order chi connectivity index (χ1) is 8.22. The zero-order chi connectivity index (χ0) is 12.7. The van der Waals surface area contributed by atoms with Crippen molar-refractivity contribution in [2.75, 3.05) is 31.2 Å². The van der Waals surface area contributed by atoms with E-state index in [4.69, 9.17) is 16.3 Å². The zero-order valence-electron chi connectivity index (χ0n) is 10.3. The number of benzene rings is 1. The number of rotatable bonds is 7. The Morgan fingerprint density at radius 2 is 2.18 bits per heavy atom. The molecule has 0 radical (unpaired) electrons. The second-order valence-electron chi connectivity index (χ2n) is 3.60. The van der Waals surface area contributed by atoms with Crippen LogP contribution in [0.2, 0.25) is 5.02 Å². The van der Waals surface area contributed by atoms with Gasteiger partial charge in [0, 0.05) is 36.0 Å². The van der Waals surface area contributed by atoms with Crippen LogP contribution in [0, 0.1) is 0 Å². The summed E-state index contributed by atoms with van der Waals surface area (Å²) in [5.41, 5.74) is 1.53. The van der Waals surface area contributed by atoms with Crippen molar-refractivity contribution in [3.63, 3.8) is 0 Å². The van der Waals surface area contributed by atoms with Crippen molar-refractivity contribution >= 4 is 23.6 Å². The molecule has 0 unspecified atom stereocenters. The zero-order valence-corrected chi connectivity index (χ0v) is 11.0. The molecular weight excluding hydrogens is 238 g/mol. The fourth-order valence-electron chi connectivity index (χ4n) is 1.66. The highest BCUT2D eigenvalue weighted by molar-refractivity contribution is 6.31. The van der Waals surface area contributed by atoms with Crippen LogP contribution in [0.1, 0.15) is 24.2 Å². The summed E-state index contributed by atoms with van der Waals surface area (Å²) in [5.74, 6) is 0. The summed E-state index contributed by atoms with van der Waals surface area (Å²) < 4.78 is 5.33. The van der Waals surface area contributed by atoms with Gasteiger partial charge in [-0.05, 0) is 32.0 Å². The van der Waals surface area contributed by atoms with Gasteiger partial charge >= 0.3 is 0 Å². The van der Waals surface area contributed by atoms with Gasteiger partial charge in [0.1, 0.15) is 0 Å². The molecule has 0 spiro atoms. The average molecular weight is 256 g/mol. The standard InChI is InChI=1S/C13H18ClNO2/c1-3-15(7-8-17-4-2)13-9-12(14)6-5-11(13)10-16/h5-6,9-10H,3-4,7-8H2,1-2H3. The second kappa shape index (κ2) is 7.30. The molecule has 0 saturated heterocycles. The molecule has 0 aliphatic heterocycles. The van der Waals surface area contributed by atoms with Gasteiger partial charge in [0.2, 0.25) is 0 Å². The van der Waals surface area contributed by atoms with Gasteiger partial charge in [-0.2, -0.15) is 0 Å². The third-order valence-electron chi connectivity index (χ3n) is 2.55. The summed E-state index contributed by atoms with van der Waals surface area (Å²) in [6, 6.07) is 5.29. The van der Waals surface area contributed by atoms with E-state index < -0.39 is 0 Å². The fraction of sp³-hybridized carbons (Fsp3) is 0.462. The lowest BCUT2D eigenvalue weighted by Crippen LogP contribution is -2.28. The van der Waals surface area contributed by atoms with Gasteiger partial charge in [0.05, 0.1) is 6.61 Å². The largest absolute Gasteiger partial charge is 0.380 e. The molecule has 0 aliphatic carbocycles. The average Bonchev–Trinajstić information content (AvgIpc) is 2.35. The van der Waals surface area contributed by atoms with Gasteiger partial charge in [-0.1, -0.05) is 11.6 Å². The first-order valence-electron chi connectivity index (χ1n) is 5.80. The van der Waals surface area contributed by atoms with Crippen LogP contribution in [0.15, 0.2) is 18.2 Å². The number of hydrogen-bond acceptors (Lipinski definition) is 3. The van der Waals surface area contributed by atoms with Crippen LogP contribution in [-0.2, 0) is 4.74 Å². The van der Waals surface area contributed by atoms with Crippen LogP contribution < -0.4 is 4.90 Å². The van der Waals surface area contributed by atoms with Crippen molar-refractivity contribution in [2.45, 2.75) is 13.8 Å². The summed E-state index contributed by atoms with van der Waals surface area (Å²) in [6.07, 6.45) is 0.856. The van der Waals surface area contributed by atoms with E-state index in [9.17, 15) is 4.79 Å². The van der Waals surface area contributed by atoms with Crippen LogP contribution >= 0.6 is 11.6 Å². The summed E-state index contributed by atoms with van der Waals surface area (Å²) in [4.78, 5) is 13.1. The normalized spacial score (nSPS) is 10.3. The van der Waals surface area contributed by atoms with Crippen LogP contribution in [0.4, 0.5) is 5.69 Å². The molecule has 0 bridgehead atoms. The Morgan fingerprint density at radius 1 is 1.41 bits per heavy atom. The topological polar surface area (TPSA) is 29.5 Å². The number of hydrogen-bond donors (Lipinski definition) is 0. The number of ether oxygens (including phenoxy) is 1. The number of carbonyl (C=O) groups is 1. The third kappa shape index (κ3) is 4.02. The highest BCUT2D eigenvalue weighted by atomic mass is 35.5. The van der Waals surface area contributed by atoms with Gasteiger partial charge in [0.15, 0.2) is 6.29 Å². The molecule has 3 nitrogen and oxygen atoms in total. The monoisotopic (exact) mass is 255 g/mol. The predicted molar refractivity (Wildman–Crippen MR) is 71.2 cm³/mol. The molecule has 1 aromatic carbocycles. The number of anilines is 1. The van der Waals surface area contributed by atoms with Crippen LogP contribution in [0.5, 0.6) is 0 Å². The van der Waals surface area contributed by atoms with Crippen molar-refractivity contribution in [2.24, 2.45) is 0 Å². The van der Waals surface area contributed by atoms with Crippen molar-refractivity contribution in [1.29, 1.82) is 0 Å². The minimum absolute atomic E-state index is 0.639. The van der Waals surface area contributed by atoms with Crippen LogP contribution in [0.3, 0.4) is 0 Å². The van der Waals surface area contributed by atoms with E-state index >= 15 is 0 Å². The summed E-state index contributed by atoms with van der Waals surface area (Å²) in [6.45, 7) is 6.93. The Labute approximate surface area is 107 Å². The molecule has 0 N–H and O–H groups in total. The molecule has 17 heavy (non-hydrogen) atoms.